The molecule has 1 aromatic carbocycles. The molecule has 0 aromatic heterocycles. The summed E-state index contributed by atoms with van der Waals surface area (Å²) in [5.41, 5.74) is 1.19. The fraction of sp³-hybridized carbons (Fsp3) is 0.588. The second-order valence-electron chi connectivity index (χ2n) is 5.74. The molecule has 0 unspecified atom stereocenters. The Bertz CT molecular complexity index is 503. The number of aryl methyl sites for hydroxylation is 1. The van der Waals surface area contributed by atoms with Crippen LogP contribution in [0.1, 0.15) is 31.2 Å². The van der Waals surface area contributed by atoms with E-state index in [0.717, 1.165) is 43.7 Å². The van der Waals surface area contributed by atoms with Gasteiger partial charge in [0.15, 0.2) is 11.5 Å². The Balaban J connectivity index is 1.97. The lowest BCUT2D eigenvalue weighted by Crippen LogP contribution is -2.42. The van der Waals surface area contributed by atoms with E-state index in [4.69, 9.17) is 14.6 Å². The van der Waals surface area contributed by atoms with Gasteiger partial charge in [0, 0.05) is 6.04 Å². The van der Waals surface area contributed by atoms with Crippen LogP contribution in [0.4, 0.5) is 0 Å². The summed E-state index contributed by atoms with van der Waals surface area (Å²) >= 11 is 0. The SMILES string of the molecule is COc1ccc(CC[C@@H]2CCCCN2CC(=O)O)cc1OC. The summed E-state index contributed by atoms with van der Waals surface area (Å²) in [6.45, 7) is 1.04. The van der Waals surface area contributed by atoms with Gasteiger partial charge < -0.3 is 14.6 Å². The molecule has 1 aromatic rings. The van der Waals surface area contributed by atoms with Crippen LogP contribution in [0.3, 0.4) is 0 Å². The Morgan fingerprint density at radius 3 is 2.73 bits per heavy atom. The number of aliphatic carboxylic acids is 1. The van der Waals surface area contributed by atoms with Crippen molar-refractivity contribution in [3.05, 3.63) is 23.8 Å². The maximum absolute atomic E-state index is 11.0. The van der Waals surface area contributed by atoms with E-state index in [1.54, 1.807) is 14.2 Å². The largest absolute Gasteiger partial charge is 0.493 e. The van der Waals surface area contributed by atoms with Crippen molar-refractivity contribution in [1.29, 1.82) is 0 Å². The van der Waals surface area contributed by atoms with Crippen molar-refractivity contribution in [3.8, 4) is 11.5 Å². The summed E-state index contributed by atoms with van der Waals surface area (Å²) in [4.78, 5) is 13.1. The van der Waals surface area contributed by atoms with Crippen molar-refractivity contribution < 1.29 is 19.4 Å². The van der Waals surface area contributed by atoms with E-state index in [2.05, 4.69) is 4.90 Å². The summed E-state index contributed by atoms with van der Waals surface area (Å²) in [5, 5.41) is 9.02. The first-order chi connectivity index (χ1) is 10.6. The van der Waals surface area contributed by atoms with Crippen LogP contribution in [0, 0.1) is 0 Å². The normalized spacial score (nSPS) is 18.9. The molecule has 0 amide bonds. The van der Waals surface area contributed by atoms with Gasteiger partial charge in [-0.1, -0.05) is 12.5 Å². The molecule has 0 spiro atoms. The third kappa shape index (κ3) is 4.37. The molecule has 5 heteroatoms. The van der Waals surface area contributed by atoms with E-state index in [9.17, 15) is 4.79 Å². The molecule has 5 nitrogen and oxygen atoms in total. The molecule has 122 valence electrons. The standard InChI is InChI=1S/C17H25NO4/c1-21-15-9-7-13(11-16(15)22-2)6-8-14-5-3-4-10-18(14)12-17(19)20/h7,9,11,14H,3-6,8,10,12H2,1-2H3,(H,19,20)/t14-/m0/s1. The van der Waals surface area contributed by atoms with Crippen LogP contribution < -0.4 is 9.47 Å². The number of piperidine rings is 1. The number of benzene rings is 1. The average molecular weight is 307 g/mol. The molecule has 1 fully saturated rings. The number of hydrogen-bond donors (Lipinski definition) is 1. The molecule has 0 aliphatic carbocycles. The highest BCUT2D eigenvalue weighted by atomic mass is 16.5. The Labute approximate surface area is 131 Å². The van der Waals surface area contributed by atoms with Gasteiger partial charge in [0.1, 0.15) is 0 Å². The number of rotatable bonds is 7. The molecule has 1 saturated heterocycles. The summed E-state index contributed by atoms with van der Waals surface area (Å²) in [6.07, 6.45) is 5.26. The zero-order chi connectivity index (χ0) is 15.9. The molecular weight excluding hydrogens is 282 g/mol. The molecule has 22 heavy (non-hydrogen) atoms. The predicted molar refractivity (Wildman–Crippen MR) is 84.7 cm³/mol. The van der Waals surface area contributed by atoms with Crippen molar-refractivity contribution in [2.45, 2.75) is 38.1 Å². The Hall–Kier alpha value is -1.75. The number of carbonyl (C=O) groups is 1. The van der Waals surface area contributed by atoms with Crippen LogP contribution in [0.2, 0.25) is 0 Å². The van der Waals surface area contributed by atoms with Gasteiger partial charge in [-0.05, 0) is 49.9 Å². The van der Waals surface area contributed by atoms with Gasteiger partial charge in [0.2, 0.25) is 0 Å². The zero-order valence-electron chi connectivity index (χ0n) is 13.4. The lowest BCUT2D eigenvalue weighted by atomic mass is 9.95. The first-order valence-corrected chi connectivity index (χ1v) is 7.80. The first-order valence-electron chi connectivity index (χ1n) is 7.80. The van der Waals surface area contributed by atoms with E-state index >= 15 is 0 Å². The highest BCUT2D eigenvalue weighted by Crippen LogP contribution is 2.29. The topological polar surface area (TPSA) is 59.0 Å². The Kier molecular flexibility index (Phi) is 6.07. The lowest BCUT2D eigenvalue weighted by Gasteiger charge is -2.34. The molecule has 1 atom stereocenters. The number of likely N-dealkylation sites (tertiary alicyclic amines) is 1. The highest BCUT2D eigenvalue weighted by molar-refractivity contribution is 5.69. The number of methoxy groups -OCH3 is 2. The van der Waals surface area contributed by atoms with Crippen LogP contribution >= 0.6 is 0 Å². The quantitative estimate of drug-likeness (QED) is 0.839. The fourth-order valence-corrected chi connectivity index (χ4v) is 3.14. The number of ether oxygens (including phenoxy) is 2. The number of nitrogens with zero attached hydrogens (tertiary/aromatic N) is 1. The van der Waals surface area contributed by atoms with Crippen molar-refractivity contribution in [2.75, 3.05) is 27.3 Å². The molecule has 1 N–H and O–H groups in total. The zero-order valence-corrected chi connectivity index (χ0v) is 13.4. The van der Waals surface area contributed by atoms with Crippen molar-refractivity contribution in [3.63, 3.8) is 0 Å². The van der Waals surface area contributed by atoms with E-state index in [-0.39, 0.29) is 6.54 Å². The van der Waals surface area contributed by atoms with Crippen molar-refractivity contribution >= 4 is 5.97 Å². The second kappa shape index (κ2) is 8.03. The first kappa shape index (κ1) is 16.6. The van der Waals surface area contributed by atoms with E-state index in [1.165, 1.54) is 12.0 Å². The summed E-state index contributed by atoms with van der Waals surface area (Å²) in [7, 11) is 3.26. The molecule has 0 saturated carbocycles. The number of carboxylic acid groups (broad SMARTS) is 1. The average Bonchev–Trinajstić information content (AvgIpc) is 2.53. The molecular formula is C17H25NO4. The minimum Gasteiger partial charge on any atom is -0.493 e. The van der Waals surface area contributed by atoms with Crippen LogP contribution in [0.5, 0.6) is 11.5 Å². The monoisotopic (exact) mass is 307 g/mol. The predicted octanol–water partition coefficient (Wildman–Crippen LogP) is 2.58. The smallest absolute Gasteiger partial charge is 0.317 e. The summed E-state index contributed by atoms with van der Waals surface area (Å²) < 4.78 is 10.6. The van der Waals surface area contributed by atoms with Gasteiger partial charge in [-0.2, -0.15) is 0 Å². The van der Waals surface area contributed by atoms with Crippen molar-refractivity contribution in [1.82, 2.24) is 4.90 Å². The van der Waals surface area contributed by atoms with Crippen LogP contribution in [0.15, 0.2) is 18.2 Å². The maximum atomic E-state index is 11.0. The van der Waals surface area contributed by atoms with Crippen LogP contribution in [-0.4, -0.2) is 49.3 Å². The lowest BCUT2D eigenvalue weighted by molar-refractivity contribution is -0.139. The third-order valence-electron chi connectivity index (χ3n) is 4.30. The maximum Gasteiger partial charge on any atom is 0.317 e. The highest BCUT2D eigenvalue weighted by Gasteiger charge is 2.23. The summed E-state index contributed by atoms with van der Waals surface area (Å²) in [5.74, 6) is 0.737. The van der Waals surface area contributed by atoms with Gasteiger partial charge in [0.05, 0.1) is 20.8 Å². The molecule has 1 aliphatic rings. The number of carboxylic acids is 1. The van der Waals surface area contributed by atoms with Crippen LogP contribution in [0.25, 0.3) is 0 Å². The van der Waals surface area contributed by atoms with Crippen molar-refractivity contribution in [2.24, 2.45) is 0 Å². The van der Waals surface area contributed by atoms with Crippen LogP contribution in [-0.2, 0) is 11.2 Å². The minimum atomic E-state index is -0.738. The molecule has 0 bridgehead atoms. The van der Waals surface area contributed by atoms with Gasteiger partial charge >= 0.3 is 5.97 Å². The second-order valence-corrected chi connectivity index (χ2v) is 5.74. The minimum absolute atomic E-state index is 0.149. The van der Waals surface area contributed by atoms with E-state index in [1.807, 2.05) is 18.2 Å². The van der Waals surface area contributed by atoms with E-state index in [0.29, 0.717) is 6.04 Å². The molecule has 2 rings (SSSR count). The molecule has 1 aliphatic heterocycles. The molecule has 0 radical (unpaired) electrons. The fourth-order valence-electron chi connectivity index (χ4n) is 3.14. The Morgan fingerprint density at radius 1 is 1.27 bits per heavy atom. The number of hydrogen-bond acceptors (Lipinski definition) is 4. The third-order valence-corrected chi connectivity index (χ3v) is 4.30. The van der Waals surface area contributed by atoms with Gasteiger partial charge in [-0.15, -0.1) is 0 Å². The van der Waals surface area contributed by atoms with Gasteiger partial charge in [-0.25, -0.2) is 0 Å². The Morgan fingerprint density at radius 2 is 2.05 bits per heavy atom. The van der Waals surface area contributed by atoms with E-state index < -0.39 is 5.97 Å². The molecule has 1 heterocycles. The van der Waals surface area contributed by atoms with Gasteiger partial charge in [0.25, 0.3) is 0 Å². The van der Waals surface area contributed by atoms with Gasteiger partial charge in [-0.3, -0.25) is 9.69 Å². The summed E-state index contributed by atoms with van der Waals surface area (Å²) in [6, 6.07) is 6.33.